The van der Waals surface area contributed by atoms with Crippen LogP contribution in [0.1, 0.15) is 55.4 Å². The lowest BCUT2D eigenvalue weighted by Crippen LogP contribution is -2.09. The Labute approximate surface area is 113 Å². The first-order valence-electron chi connectivity index (χ1n) is 6.79. The molecule has 0 spiro atoms. The van der Waals surface area contributed by atoms with E-state index in [1.165, 1.54) is 36.8 Å². The van der Waals surface area contributed by atoms with Crippen LogP contribution in [0.3, 0.4) is 0 Å². The van der Waals surface area contributed by atoms with Crippen LogP contribution in [0.5, 0.6) is 0 Å². The zero-order valence-corrected chi connectivity index (χ0v) is 11.7. The summed E-state index contributed by atoms with van der Waals surface area (Å²) in [6.45, 7) is 4.15. The Balaban J connectivity index is 2.22. The van der Waals surface area contributed by atoms with Crippen molar-refractivity contribution in [1.29, 1.82) is 0 Å². The fourth-order valence-corrected chi connectivity index (χ4v) is 3.20. The number of rotatable bonds is 2. The normalized spacial score (nSPS) is 18.6. The molecule has 1 aliphatic rings. The van der Waals surface area contributed by atoms with Crippen LogP contribution >= 0.6 is 11.6 Å². The molecule has 2 aromatic rings. The minimum atomic E-state index is -0.0293. The number of imidazole rings is 1. The number of halogens is 1. The molecule has 1 unspecified atom stereocenters. The fourth-order valence-electron chi connectivity index (χ4n) is 3.05. The molecule has 1 heterocycles. The Morgan fingerprint density at radius 3 is 2.72 bits per heavy atom. The molecule has 0 N–H and O–H groups in total. The van der Waals surface area contributed by atoms with E-state index in [4.69, 9.17) is 16.6 Å². The highest BCUT2D eigenvalue weighted by Gasteiger charge is 2.24. The standard InChI is InChI=1S/C15H19ClN2/c1-10-7-8-13-14(9-10)18(12-5-3-4-6-12)15(17-13)11(2)16/h7-9,11-12H,3-6H2,1-2H3. The molecule has 3 heteroatoms. The summed E-state index contributed by atoms with van der Waals surface area (Å²) in [5.41, 5.74) is 3.62. The summed E-state index contributed by atoms with van der Waals surface area (Å²) in [7, 11) is 0. The van der Waals surface area contributed by atoms with Gasteiger partial charge in [-0.2, -0.15) is 0 Å². The number of hydrogen-bond acceptors (Lipinski definition) is 1. The quantitative estimate of drug-likeness (QED) is 0.714. The highest BCUT2D eigenvalue weighted by atomic mass is 35.5. The predicted molar refractivity (Wildman–Crippen MR) is 76.2 cm³/mol. The topological polar surface area (TPSA) is 17.8 Å². The van der Waals surface area contributed by atoms with E-state index < -0.39 is 0 Å². The average Bonchev–Trinajstić information content (AvgIpc) is 2.93. The van der Waals surface area contributed by atoms with Crippen LogP contribution in [-0.4, -0.2) is 9.55 Å². The number of nitrogens with zero attached hydrogens (tertiary/aromatic N) is 2. The van der Waals surface area contributed by atoms with Crippen molar-refractivity contribution in [2.45, 2.75) is 50.9 Å². The van der Waals surface area contributed by atoms with Gasteiger partial charge in [-0.1, -0.05) is 18.9 Å². The van der Waals surface area contributed by atoms with Crippen molar-refractivity contribution >= 4 is 22.6 Å². The minimum absolute atomic E-state index is 0.0293. The van der Waals surface area contributed by atoms with E-state index in [1.807, 2.05) is 6.92 Å². The second-order valence-electron chi connectivity index (χ2n) is 5.39. The molecular weight excluding hydrogens is 244 g/mol. The zero-order valence-electron chi connectivity index (χ0n) is 11.0. The first-order valence-corrected chi connectivity index (χ1v) is 7.23. The molecule has 18 heavy (non-hydrogen) atoms. The monoisotopic (exact) mass is 262 g/mol. The summed E-state index contributed by atoms with van der Waals surface area (Å²) in [6.07, 6.45) is 5.17. The van der Waals surface area contributed by atoms with Crippen molar-refractivity contribution in [2.24, 2.45) is 0 Å². The molecular formula is C15H19ClN2. The second kappa shape index (κ2) is 4.58. The van der Waals surface area contributed by atoms with Gasteiger partial charge in [-0.15, -0.1) is 11.6 Å². The molecule has 0 saturated heterocycles. The highest BCUT2D eigenvalue weighted by molar-refractivity contribution is 6.20. The van der Waals surface area contributed by atoms with E-state index >= 15 is 0 Å². The molecule has 1 saturated carbocycles. The third-order valence-electron chi connectivity index (χ3n) is 3.92. The molecule has 0 amide bonds. The van der Waals surface area contributed by atoms with Gasteiger partial charge in [0, 0.05) is 6.04 Å². The predicted octanol–water partition coefficient (Wildman–Crippen LogP) is 4.76. The third-order valence-corrected chi connectivity index (χ3v) is 4.11. The number of alkyl halides is 1. The lowest BCUT2D eigenvalue weighted by Gasteiger charge is -2.17. The first-order chi connectivity index (χ1) is 8.66. The molecule has 1 aromatic heterocycles. The molecule has 1 aromatic carbocycles. The summed E-state index contributed by atoms with van der Waals surface area (Å²) in [5.74, 6) is 1.03. The number of aryl methyl sites for hydroxylation is 1. The number of benzene rings is 1. The van der Waals surface area contributed by atoms with Gasteiger partial charge in [0.1, 0.15) is 5.82 Å². The summed E-state index contributed by atoms with van der Waals surface area (Å²) in [5, 5.41) is -0.0293. The summed E-state index contributed by atoms with van der Waals surface area (Å²) in [4.78, 5) is 4.73. The zero-order chi connectivity index (χ0) is 12.7. The van der Waals surface area contributed by atoms with Crippen molar-refractivity contribution < 1.29 is 0 Å². The number of hydrogen-bond donors (Lipinski definition) is 0. The lowest BCUT2D eigenvalue weighted by molar-refractivity contribution is 0.510. The fraction of sp³-hybridized carbons (Fsp3) is 0.533. The van der Waals surface area contributed by atoms with Crippen LogP contribution in [0.4, 0.5) is 0 Å². The SMILES string of the molecule is Cc1ccc2nc(C(C)Cl)n(C3CCCC3)c2c1. The van der Waals surface area contributed by atoms with Crippen molar-refractivity contribution in [1.82, 2.24) is 9.55 Å². The van der Waals surface area contributed by atoms with Crippen molar-refractivity contribution in [2.75, 3.05) is 0 Å². The smallest absolute Gasteiger partial charge is 0.127 e. The molecule has 0 radical (unpaired) electrons. The van der Waals surface area contributed by atoms with Gasteiger partial charge in [-0.3, -0.25) is 0 Å². The van der Waals surface area contributed by atoms with Crippen molar-refractivity contribution in [3.8, 4) is 0 Å². The molecule has 0 bridgehead atoms. The summed E-state index contributed by atoms with van der Waals surface area (Å²) in [6, 6.07) is 7.06. The van der Waals surface area contributed by atoms with Gasteiger partial charge in [-0.25, -0.2) is 4.98 Å². The summed E-state index contributed by atoms with van der Waals surface area (Å²) < 4.78 is 2.40. The molecule has 3 rings (SSSR count). The largest absolute Gasteiger partial charge is 0.324 e. The van der Waals surface area contributed by atoms with Crippen molar-refractivity contribution in [3.05, 3.63) is 29.6 Å². The van der Waals surface area contributed by atoms with E-state index in [0.717, 1.165) is 11.3 Å². The molecule has 1 aliphatic carbocycles. The van der Waals surface area contributed by atoms with Crippen LogP contribution in [0, 0.1) is 6.92 Å². The van der Waals surface area contributed by atoms with E-state index in [0.29, 0.717) is 6.04 Å². The number of aromatic nitrogens is 2. The third kappa shape index (κ3) is 1.93. The number of fused-ring (bicyclic) bond motifs is 1. The van der Waals surface area contributed by atoms with Gasteiger partial charge < -0.3 is 4.57 Å². The second-order valence-corrected chi connectivity index (χ2v) is 6.04. The van der Waals surface area contributed by atoms with Gasteiger partial charge in [0.2, 0.25) is 0 Å². The summed E-state index contributed by atoms with van der Waals surface area (Å²) >= 11 is 6.31. The van der Waals surface area contributed by atoms with E-state index in [1.54, 1.807) is 0 Å². The van der Waals surface area contributed by atoms with Crippen LogP contribution in [0.2, 0.25) is 0 Å². The Morgan fingerprint density at radius 2 is 2.06 bits per heavy atom. The van der Waals surface area contributed by atoms with Gasteiger partial charge in [-0.05, 0) is 44.4 Å². The Kier molecular flexibility index (Phi) is 3.06. The maximum atomic E-state index is 6.31. The average molecular weight is 263 g/mol. The van der Waals surface area contributed by atoms with Gasteiger partial charge in [0.25, 0.3) is 0 Å². The van der Waals surface area contributed by atoms with Crippen LogP contribution in [0.25, 0.3) is 11.0 Å². The molecule has 0 aliphatic heterocycles. The molecule has 2 nitrogen and oxygen atoms in total. The highest BCUT2D eigenvalue weighted by Crippen LogP contribution is 2.36. The Bertz CT molecular complexity index is 565. The van der Waals surface area contributed by atoms with Gasteiger partial charge >= 0.3 is 0 Å². The van der Waals surface area contributed by atoms with Crippen LogP contribution in [-0.2, 0) is 0 Å². The molecule has 1 fully saturated rings. The van der Waals surface area contributed by atoms with Gasteiger partial charge in [0.05, 0.1) is 16.4 Å². The maximum absolute atomic E-state index is 6.31. The molecule has 96 valence electrons. The Morgan fingerprint density at radius 1 is 1.33 bits per heavy atom. The van der Waals surface area contributed by atoms with E-state index in [9.17, 15) is 0 Å². The lowest BCUT2D eigenvalue weighted by atomic mass is 10.2. The van der Waals surface area contributed by atoms with E-state index in [2.05, 4.69) is 29.7 Å². The van der Waals surface area contributed by atoms with Crippen molar-refractivity contribution in [3.63, 3.8) is 0 Å². The first kappa shape index (κ1) is 12.0. The Hall–Kier alpha value is -1.02. The van der Waals surface area contributed by atoms with E-state index in [-0.39, 0.29) is 5.38 Å². The van der Waals surface area contributed by atoms with Gasteiger partial charge in [0.15, 0.2) is 0 Å². The molecule has 1 atom stereocenters. The van der Waals surface area contributed by atoms with Crippen LogP contribution in [0.15, 0.2) is 18.2 Å². The van der Waals surface area contributed by atoms with Crippen LogP contribution < -0.4 is 0 Å². The maximum Gasteiger partial charge on any atom is 0.127 e. The minimum Gasteiger partial charge on any atom is -0.324 e.